The largest absolute Gasteiger partial charge is 0.347 e. The molecule has 0 spiro atoms. The first kappa shape index (κ1) is 41.5. The van der Waals surface area contributed by atoms with Gasteiger partial charge in [0.05, 0.1) is 21.4 Å². The third-order valence-corrected chi connectivity index (χ3v) is 10.5. The summed E-state index contributed by atoms with van der Waals surface area (Å²) >= 11 is 13.0. The number of nitrogens with one attached hydrogen (secondary N) is 2. The Hall–Kier alpha value is -3.62. The topological polar surface area (TPSA) is 64.7 Å². The van der Waals surface area contributed by atoms with E-state index in [4.69, 9.17) is 23.2 Å². The number of nitrogens with zero attached hydrogens (tertiary/aromatic N) is 2. The molecular formula is C44H56Cl2F2N4O2. The number of amides is 2. The van der Waals surface area contributed by atoms with Crippen molar-refractivity contribution in [1.29, 1.82) is 0 Å². The second-order valence-corrected chi connectivity index (χ2v) is 18.3. The van der Waals surface area contributed by atoms with Gasteiger partial charge in [0.25, 0.3) is 0 Å². The van der Waals surface area contributed by atoms with Gasteiger partial charge in [-0.05, 0) is 121 Å². The van der Waals surface area contributed by atoms with E-state index in [1.807, 2.05) is 91.9 Å². The zero-order valence-electron chi connectivity index (χ0n) is 33.1. The van der Waals surface area contributed by atoms with Crippen LogP contribution in [0.15, 0.2) is 71.1 Å². The fourth-order valence-corrected chi connectivity index (χ4v) is 7.95. The maximum Gasteiger partial charge on any atom is 0.224 e. The summed E-state index contributed by atoms with van der Waals surface area (Å²) in [6, 6.07) is 7.85. The zero-order chi connectivity index (χ0) is 39.5. The second kappa shape index (κ2) is 17.0. The number of benzene rings is 2. The number of hydrogen-bond donors (Lipinski definition) is 2. The first-order valence-corrected chi connectivity index (χ1v) is 19.8. The van der Waals surface area contributed by atoms with Crippen molar-refractivity contribution in [2.75, 3.05) is 33.5 Å². The van der Waals surface area contributed by atoms with Crippen molar-refractivity contribution >= 4 is 57.8 Å². The van der Waals surface area contributed by atoms with Crippen LogP contribution < -0.4 is 20.4 Å². The lowest BCUT2D eigenvalue weighted by atomic mass is 9.88. The van der Waals surface area contributed by atoms with E-state index in [0.717, 1.165) is 66.0 Å². The minimum Gasteiger partial charge on any atom is -0.347 e. The quantitative estimate of drug-likeness (QED) is 0.306. The van der Waals surface area contributed by atoms with Crippen LogP contribution in [0.2, 0.25) is 10.0 Å². The van der Waals surface area contributed by atoms with Gasteiger partial charge in [-0.15, -0.1) is 0 Å². The lowest BCUT2D eigenvalue weighted by molar-refractivity contribution is -0.118. The van der Waals surface area contributed by atoms with Crippen molar-refractivity contribution in [2.45, 2.75) is 119 Å². The van der Waals surface area contributed by atoms with Gasteiger partial charge in [-0.3, -0.25) is 9.59 Å². The highest BCUT2D eigenvalue weighted by Crippen LogP contribution is 2.39. The number of carbonyl (C=O) groups is 2. The van der Waals surface area contributed by atoms with E-state index in [-0.39, 0.29) is 22.6 Å². The molecule has 6 rings (SSSR count). The molecule has 0 saturated carbocycles. The summed E-state index contributed by atoms with van der Waals surface area (Å²) in [6.07, 6.45) is 11.3. The monoisotopic (exact) mass is 780 g/mol. The Labute approximate surface area is 330 Å². The molecule has 2 N–H and O–H groups in total. The molecule has 2 aliphatic heterocycles. The Balaban J connectivity index is 0.000000208. The summed E-state index contributed by atoms with van der Waals surface area (Å²) in [4.78, 5) is 28.9. The van der Waals surface area contributed by atoms with Crippen molar-refractivity contribution in [3.8, 4) is 0 Å². The van der Waals surface area contributed by atoms with Gasteiger partial charge >= 0.3 is 0 Å². The molecule has 4 aliphatic rings. The maximum absolute atomic E-state index is 13.7. The molecule has 2 atom stereocenters. The smallest absolute Gasteiger partial charge is 0.224 e. The van der Waals surface area contributed by atoms with Crippen LogP contribution in [0.1, 0.15) is 104 Å². The molecule has 54 heavy (non-hydrogen) atoms. The molecular weight excluding hydrogens is 725 g/mol. The standard InChI is InChI=1S/2C22H28ClFN2O/c1-14-9-18(11-19(23)21(14)25-20(27)12-22(2,3)4)26-8-7-15-10-17(24)6-5-16(15)13-26;1-14-9-18(11-19(23)21(14)25-20(27)12-22(2,3)4)26-8-7-15-5-6-17(24)10-16(15)13-26/h9-11,13,17H,5-8,12H2,1-4H3,(H,25,27);5,9,11,13,17H,6-8,10,12H2,1-4H3,(H,25,27). The van der Waals surface area contributed by atoms with Crippen molar-refractivity contribution in [3.63, 3.8) is 0 Å². The number of carbonyl (C=O) groups excluding carboxylic acids is 2. The predicted octanol–water partition coefficient (Wildman–Crippen LogP) is 12.4. The van der Waals surface area contributed by atoms with E-state index in [1.165, 1.54) is 11.1 Å². The normalized spacial score (nSPS) is 19.9. The molecule has 2 aromatic rings. The fourth-order valence-electron chi connectivity index (χ4n) is 7.33. The molecule has 10 heteroatoms. The van der Waals surface area contributed by atoms with Crippen LogP contribution in [-0.4, -0.2) is 37.2 Å². The third-order valence-electron chi connectivity index (χ3n) is 9.94. The summed E-state index contributed by atoms with van der Waals surface area (Å²) in [5.74, 6) is -0.0654. The van der Waals surface area contributed by atoms with E-state index >= 15 is 0 Å². The first-order chi connectivity index (χ1) is 25.2. The Kier molecular flexibility index (Phi) is 13.1. The molecule has 2 heterocycles. The van der Waals surface area contributed by atoms with E-state index in [9.17, 15) is 18.4 Å². The Morgan fingerprint density at radius 1 is 0.722 bits per heavy atom. The molecule has 0 bridgehead atoms. The minimum absolute atomic E-state index is 0.0295. The van der Waals surface area contributed by atoms with Crippen molar-refractivity contribution in [1.82, 2.24) is 0 Å². The van der Waals surface area contributed by atoms with Gasteiger partial charge in [0, 0.05) is 56.1 Å². The third kappa shape index (κ3) is 11.2. The number of halogens is 4. The van der Waals surface area contributed by atoms with Crippen LogP contribution in [0.5, 0.6) is 0 Å². The van der Waals surface area contributed by atoms with Crippen molar-refractivity contribution < 1.29 is 18.4 Å². The second-order valence-electron chi connectivity index (χ2n) is 17.5. The van der Waals surface area contributed by atoms with E-state index in [2.05, 4.69) is 26.6 Å². The SMILES string of the molecule is Cc1cc(N2C=C3CC(F)CC=C3CC2)cc(Cl)c1NC(=O)CC(C)(C)C.Cc1cc(N2C=C3CCC(F)C=C3CC2)cc(Cl)c1NC(=O)CC(C)(C)C. The molecule has 2 amide bonds. The van der Waals surface area contributed by atoms with Crippen LogP contribution in [0.25, 0.3) is 0 Å². The van der Waals surface area contributed by atoms with E-state index < -0.39 is 12.3 Å². The Morgan fingerprint density at radius 2 is 1.20 bits per heavy atom. The average Bonchev–Trinajstić information content (AvgIpc) is 3.06. The number of rotatable bonds is 6. The summed E-state index contributed by atoms with van der Waals surface area (Å²) in [7, 11) is 0. The van der Waals surface area contributed by atoms with Crippen LogP contribution in [-0.2, 0) is 9.59 Å². The van der Waals surface area contributed by atoms with E-state index in [0.29, 0.717) is 53.5 Å². The summed E-state index contributed by atoms with van der Waals surface area (Å²) in [5.41, 5.74) is 9.73. The van der Waals surface area contributed by atoms with Gasteiger partial charge in [-0.1, -0.05) is 70.8 Å². The number of fused-ring (bicyclic) bond motifs is 2. The van der Waals surface area contributed by atoms with Gasteiger partial charge in [0.15, 0.2) is 0 Å². The van der Waals surface area contributed by atoms with Gasteiger partial charge in [-0.2, -0.15) is 0 Å². The number of hydrogen-bond acceptors (Lipinski definition) is 4. The molecule has 0 saturated heterocycles. The Morgan fingerprint density at radius 3 is 1.69 bits per heavy atom. The molecule has 0 aromatic heterocycles. The molecule has 0 fully saturated rings. The molecule has 2 unspecified atom stereocenters. The summed E-state index contributed by atoms with van der Waals surface area (Å²) in [5, 5.41) is 6.98. The number of allylic oxidation sites excluding steroid dienone is 4. The highest BCUT2D eigenvalue weighted by Gasteiger charge is 2.26. The summed E-state index contributed by atoms with van der Waals surface area (Å²) in [6.45, 7) is 17.7. The molecule has 2 aliphatic carbocycles. The summed E-state index contributed by atoms with van der Waals surface area (Å²) < 4.78 is 27.3. The van der Waals surface area contributed by atoms with Crippen LogP contribution >= 0.6 is 23.2 Å². The van der Waals surface area contributed by atoms with Crippen LogP contribution in [0.3, 0.4) is 0 Å². The van der Waals surface area contributed by atoms with Crippen molar-refractivity contribution in [2.24, 2.45) is 10.8 Å². The average molecular weight is 782 g/mol. The van der Waals surface area contributed by atoms with Crippen LogP contribution in [0.4, 0.5) is 31.5 Å². The minimum atomic E-state index is -0.809. The molecule has 0 radical (unpaired) electrons. The maximum atomic E-state index is 13.7. The molecule has 6 nitrogen and oxygen atoms in total. The zero-order valence-corrected chi connectivity index (χ0v) is 34.6. The molecule has 2 aromatic carbocycles. The van der Waals surface area contributed by atoms with Crippen molar-refractivity contribution in [3.05, 3.63) is 92.3 Å². The highest BCUT2D eigenvalue weighted by molar-refractivity contribution is 6.34. The van der Waals surface area contributed by atoms with E-state index in [1.54, 1.807) is 6.08 Å². The first-order valence-electron chi connectivity index (χ1n) is 19.1. The fraction of sp³-hybridized carbons (Fsp3) is 0.500. The van der Waals surface area contributed by atoms with Gasteiger partial charge in [0.1, 0.15) is 12.3 Å². The number of anilines is 4. The van der Waals surface area contributed by atoms with Gasteiger partial charge in [0.2, 0.25) is 11.8 Å². The van der Waals surface area contributed by atoms with Gasteiger partial charge in [-0.25, -0.2) is 8.78 Å². The Bertz CT molecular complexity index is 1840. The number of alkyl halides is 2. The number of aryl methyl sites for hydroxylation is 2. The molecule has 292 valence electrons. The predicted molar refractivity (Wildman–Crippen MR) is 222 cm³/mol. The van der Waals surface area contributed by atoms with Crippen LogP contribution in [0, 0.1) is 24.7 Å². The lowest BCUT2D eigenvalue weighted by Gasteiger charge is -2.32. The lowest BCUT2D eigenvalue weighted by Crippen LogP contribution is -2.26. The highest BCUT2D eigenvalue weighted by atomic mass is 35.5. The van der Waals surface area contributed by atoms with Gasteiger partial charge < -0.3 is 20.4 Å².